The molecule has 18 heavy (non-hydrogen) atoms. The first-order chi connectivity index (χ1) is 8.52. The highest BCUT2D eigenvalue weighted by Gasteiger charge is 2.14. The molecular weight excluding hydrogens is 295 g/mol. The molecule has 3 nitrogen and oxygen atoms in total. The minimum Gasteiger partial charge on any atom is -0.397 e. The van der Waals surface area contributed by atoms with Crippen LogP contribution in [0, 0.1) is 0 Å². The highest BCUT2D eigenvalue weighted by atomic mass is 35.5. The number of pyridine rings is 1. The Hall–Kier alpha value is -1.00. The Bertz CT molecular complexity index is 602. The summed E-state index contributed by atoms with van der Waals surface area (Å²) in [4.78, 5) is 4.18. The highest BCUT2D eigenvalue weighted by molar-refractivity contribution is 6.45. The summed E-state index contributed by atoms with van der Waals surface area (Å²) in [5, 5.41) is 10.5. The summed E-state index contributed by atoms with van der Waals surface area (Å²) in [5.74, 6) is 0. The van der Waals surface area contributed by atoms with Crippen LogP contribution in [0.15, 0.2) is 24.4 Å². The molecular formula is C12H9Cl3N2O. The molecule has 0 unspecified atom stereocenters. The van der Waals surface area contributed by atoms with Crippen LogP contribution in [-0.2, 0) is 6.61 Å². The van der Waals surface area contributed by atoms with E-state index in [9.17, 15) is 5.11 Å². The third-order valence-electron chi connectivity index (χ3n) is 2.41. The van der Waals surface area contributed by atoms with Crippen LogP contribution < -0.4 is 5.73 Å². The zero-order chi connectivity index (χ0) is 13.3. The Morgan fingerprint density at radius 2 is 1.89 bits per heavy atom. The van der Waals surface area contributed by atoms with Gasteiger partial charge in [-0.05, 0) is 18.2 Å². The molecule has 0 saturated heterocycles. The molecule has 3 N–H and O–H groups in total. The van der Waals surface area contributed by atoms with Crippen LogP contribution in [0.1, 0.15) is 5.56 Å². The van der Waals surface area contributed by atoms with Crippen molar-refractivity contribution in [1.29, 1.82) is 0 Å². The van der Waals surface area contributed by atoms with E-state index >= 15 is 0 Å². The zero-order valence-corrected chi connectivity index (χ0v) is 11.4. The van der Waals surface area contributed by atoms with Crippen LogP contribution in [0.4, 0.5) is 5.69 Å². The number of nitrogen functional groups attached to an aromatic ring is 1. The molecule has 0 saturated carbocycles. The van der Waals surface area contributed by atoms with Crippen molar-refractivity contribution in [3.8, 4) is 11.3 Å². The Morgan fingerprint density at radius 3 is 2.56 bits per heavy atom. The Kier molecular flexibility index (Phi) is 3.97. The first-order valence-corrected chi connectivity index (χ1v) is 6.16. The van der Waals surface area contributed by atoms with Gasteiger partial charge in [-0.15, -0.1) is 0 Å². The first kappa shape index (κ1) is 13.4. The average Bonchev–Trinajstić information content (AvgIpc) is 2.34. The normalized spacial score (nSPS) is 10.7. The quantitative estimate of drug-likeness (QED) is 0.830. The van der Waals surface area contributed by atoms with Crippen molar-refractivity contribution >= 4 is 40.5 Å². The lowest BCUT2D eigenvalue weighted by Crippen LogP contribution is -1.97. The number of aliphatic hydroxyl groups excluding tert-OH is 1. The van der Waals surface area contributed by atoms with Crippen molar-refractivity contribution in [2.75, 3.05) is 5.73 Å². The SMILES string of the molecule is Nc1cnc(-c2cc(Cl)cc(Cl)c2Cl)c(CO)c1. The molecule has 0 atom stereocenters. The number of hydrogen-bond donors (Lipinski definition) is 2. The summed E-state index contributed by atoms with van der Waals surface area (Å²) in [6.07, 6.45) is 1.49. The van der Waals surface area contributed by atoms with Crippen molar-refractivity contribution < 1.29 is 5.11 Å². The van der Waals surface area contributed by atoms with Crippen molar-refractivity contribution in [2.24, 2.45) is 0 Å². The molecule has 0 fully saturated rings. The fourth-order valence-corrected chi connectivity index (χ4v) is 2.31. The summed E-state index contributed by atoms with van der Waals surface area (Å²) >= 11 is 18.0. The Morgan fingerprint density at radius 1 is 1.17 bits per heavy atom. The van der Waals surface area contributed by atoms with Crippen molar-refractivity contribution in [2.45, 2.75) is 6.61 Å². The number of rotatable bonds is 2. The second-order valence-electron chi connectivity index (χ2n) is 3.68. The van der Waals surface area contributed by atoms with E-state index in [0.717, 1.165) is 0 Å². The van der Waals surface area contributed by atoms with Crippen LogP contribution in [0.5, 0.6) is 0 Å². The minimum atomic E-state index is -0.201. The van der Waals surface area contributed by atoms with Gasteiger partial charge in [-0.1, -0.05) is 34.8 Å². The number of halogens is 3. The molecule has 0 amide bonds. The predicted molar refractivity (Wildman–Crippen MR) is 75.0 cm³/mol. The molecule has 2 rings (SSSR count). The maximum atomic E-state index is 9.33. The lowest BCUT2D eigenvalue weighted by molar-refractivity contribution is 0.282. The van der Waals surface area contributed by atoms with E-state index in [1.165, 1.54) is 6.20 Å². The number of benzene rings is 1. The van der Waals surface area contributed by atoms with Gasteiger partial charge in [-0.25, -0.2) is 0 Å². The molecule has 94 valence electrons. The standard InChI is InChI=1S/C12H9Cl3N2O/c13-7-2-9(11(15)10(14)3-7)12-6(5-18)1-8(16)4-17-12/h1-4,18H,5,16H2. The first-order valence-electron chi connectivity index (χ1n) is 5.03. The molecule has 0 aliphatic heterocycles. The van der Waals surface area contributed by atoms with Gasteiger partial charge in [-0.3, -0.25) is 4.98 Å². The molecule has 1 heterocycles. The molecule has 0 bridgehead atoms. The second kappa shape index (κ2) is 5.33. The van der Waals surface area contributed by atoms with Crippen LogP contribution in [0.3, 0.4) is 0 Å². The second-order valence-corrected chi connectivity index (χ2v) is 4.91. The van der Waals surface area contributed by atoms with E-state index in [4.69, 9.17) is 40.5 Å². The van der Waals surface area contributed by atoms with Gasteiger partial charge in [0.15, 0.2) is 0 Å². The van der Waals surface area contributed by atoms with Gasteiger partial charge in [0.2, 0.25) is 0 Å². The van der Waals surface area contributed by atoms with Gasteiger partial charge >= 0.3 is 0 Å². The van der Waals surface area contributed by atoms with Gasteiger partial charge in [0.05, 0.1) is 34.2 Å². The van der Waals surface area contributed by atoms with E-state index in [2.05, 4.69) is 4.98 Å². The maximum absolute atomic E-state index is 9.33. The summed E-state index contributed by atoms with van der Waals surface area (Å²) in [5.41, 5.74) is 7.73. The van der Waals surface area contributed by atoms with E-state index in [1.807, 2.05) is 0 Å². The van der Waals surface area contributed by atoms with Crippen LogP contribution >= 0.6 is 34.8 Å². The third kappa shape index (κ3) is 2.54. The minimum absolute atomic E-state index is 0.201. The number of nitrogens with two attached hydrogens (primary N) is 1. The summed E-state index contributed by atoms with van der Waals surface area (Å²) in [7, 11) is 0. The Labute approximate surface area is 119 Å². The topological polar surface area (TPSA) is 59.1 Å². The van der Waals surface area contributed by atoms with Crippen molar-refractivity contribution in [3.05, 3.63) is 45.0 Å². The van der Waals surface area contributed by atoms with E-state index in [0.29, 0.717) is 37.6 Å². The van der Waals surface area contributed by atoms with Gasteiger partial charge < -0.3 is 10.8 Å². The number of hydrogen-bond acceptors (Lipinski definition) is 3. The van der Waals surface area contributed by atoms with Gasteiger partial charge in [0, 0.05) is 16.1 Å². The van der Waals surface area contributed by atoms with Crippen molar-refractivity contribution in [1.82, 2.24) is 4.98 Å². The molecule has 1 aromatic carbocycles. The number of aliphatic hydroxyl groups is 1. The molecule has 0 spiro atoms. The Balaban J connectivity index is 2.69. The van der Waals surface area contributed by atoms with Gasteiger partial charge in [0.25, 0.3) is 0 Å². The van der Waals surface area contributed by atoms with Gasteiger partial charge in [0.1, 0.15) is 0 Å². The molecule has 0 aliphatic carbocycles. The number of anilines is 1. The van der Waals surface area contributed by atoms with E-state index < -0.39 is 0 Å². The zero-order valence-electron chi connectivity index (χ0n) is 9.12. The van der Waals surface area contributed by atoms with Crippen LogP contribution in [-0.4, -0.2) is 10.1 Å². The van der Waals surface area contributed by atoms with Crippen LogP contribution in [0.25, 0.3) is 11.3 Å². The maximum Gasteiger partial charge on any atom is 0.0774 e. The van der Waals surface area contributed by atoms with E-state index in [-0.39, 0.29) is 6.61 Å². The summed E-state index contributed by atoms with van der Waals surface area (Å²) in [6, 6.07) is 4.83. The third-order valence-corrected chi connectivity index (χ3v) is 3.43. The summed E-state index contributed by atoms with van der Waals surface area (Å²) in [6.45, 7) is -0.201. The lowest BCUT2D eigenvalue weighted by Gasteiger charge is -2.10. The fraction of sp³-hybridized carbons (Fsp3) is 0.0833. The predicted octanol–water partition coefficient (Wildman–Crippen LogP) is 3.78. The molecule has 1 aromatic heterocycles. The molecule has 6 heteroatoms. The largest absolute Gasteiger partial charge is 0.397 e. The summed E-state index contributed by atoms with van der Waals surface area (Å²) < 4.78 is 0. The molecule has 0 radical (unpaired) electrons. The monoisotopic (exact) mass is 302 g/mol. The average molecular weight is 304 g/mol. The number of aromatic nitrogens is 1. The molecule has 0 aliphatic rings. The van der Waals surface area contributed by atoms with Crippen molar-refractivity contribution in [3.63, 3.8) is 0 Å². The lowest BCUT2D eigenvalue weighted by atomic mass is 10.1. The van der Waals surface area contributed by atoms with E-state index in [1.54, 1.807) is 18.2 Å². The fourth-order valence-electron chi connectivity index (χ4n) is 1.62. The smallest absolute Gasteiger partial charge is 0.0774 e. The highest BCUT2D eigenvalue weighted by Crippen LogP contribution is 2.37. The van der Waals surface area contributed by atoms with Gasteiger partial charge in [-0.2, -0.15) is 0 Å². The number of nitrogens with zero attached hydrogens (tertiary/aromatic N) is 1. The van der Waals surface area contributed by atoms with Crippen LogP contribution in [0.2, 0.25) is 15.1 Å². The molecule has 2 aromatic rings.